The van der Waals surface area contributed by atoms with Crippen LogP contribution in [0.4, 0.5) is 0 Å². The number of rotatable bonds is 6. The molecular weight excluding hydrogens is 216 g/mol. The fraction of sp³-hybridized carbons (Fsp3) is 0.750. The van der Waals surface area contributed by atoms with E-state index in [4.69, 9.17) is 4.74 Å². The van der Waals surface area contributed by atoms with Gasteiger partial charge in [-0.2, -0.15) is 0 Å². The molecule has 5 nitrogen and oxygen atoms in total. The van der Waals surface area contributed by atoms with Gasteiger partial charge in [-0.15, -0.1) is 0 Å². The van der Waals surface area contributed by atoms with Gasteiger partial charge >= 0.3 is 0 Å². The Kier molecular flexibility index (Phi) is 4.97. The molecule has 0 unspecified atom stereocenters. The molecule has 17 heavy (non-hydrogen) atoms. The summed E-state index contributed by atoms with van der Waals surface area (Å²) in [7, 11) is 0. The number of nitrogens with one attached hydrogen (secondary N) is 1. The highest BCUT2D eigenvalue weighted by Gasteiger charge is 2.09. The van der Waals surface area contributed by atoms with E-state index in [2.05, 4.69) is 26.7 Å². The molecule has 2 heterocycles. The number of aryl methyl sites for hydroxylation is 1. The predicted octanol–water partition coefficient (Wildman–Crippen LogP) is 0.325. The van der Waals surface area contributed by atoms with Crippen molar-refractivity contribution in [3.05, 3.63) is 18.2 Å². The van der Waals surface area contributed by atoms with Crippen LogP contribution >= 0.6 is 0 Å². The summed E-state index contributed by atoms with van der Waals surface area (Å²) in [4.78, 5) is 6.77. The van der Waals surface area contributed by atoms with Crippen LogP contribution in [0, 0.1) is 0 Å². The summed E-state index contributed by atoms with van der Waals surface area (Å²) in [5, 5.41) is 3.44. The van der Waals surface area contributed by atoms with Crippen LogP contribution in [0.3, 0.4) is 0 Å². The van der Waals surface area contributed by atoms with Gasteiger partial charge in [-0.3, -0.25) is 4.90 Å². The van der Waals surface area contributed by atoms with Crippen LogP contribution in [0.25, 0.3) is 0 Å². The molecule has 96 valence electrons. The van der Waals surface area contributed by atoms with Gasteiger partial charge in [-0.25, -0.2) is 4.98 Å². The molecule has 1 aromatic rings. The predicted molar refractivity (Wildman–Crippen MR) is 66.9 cm³/mol. The van der Waals surface area contributed by atoms with E-state index in [0.29, 0.717) is 0 Å². The van der Waals surface area contributed by atoms with Gasteiger partial charge in [0.25, 0.3) is 0 Å². The van der Waals surface area contributed by atoms with Crippen molar-refractivity contribution >= 4 is 0 Å². The molecule has 1 aliphatic heterocycles. The van der Waals surface area contributed by atoms with Crippen LogP contribution in [0.2, 0.25) is 0 Å². The zero-order valence-electron chi connectivity index (χ0n) is 10.6. The first-order valence-corrected chi connectivity index (χ1v) is 6.41. The van der Waals surface area contributed by atoms with Crippen LogP contribution in [-0.4, -0.2) is 53.8 Å². The summed E-state index contributed by atoms with van der Waals surface area (Å²) in [6.07, 6.45) is 3.89. The zero-order chi connectivity index (χ0) is 11.9. The maximum Gasteiger partial charge on any atom is 0.122 e. The van der Waals surface area contributed by atoms with Crippen molar-refractivity contribution in [2.75, 3.05) is 39.4 Å². The molecule has 5 heteroatoms. The summed E-state index contributed by atoms with van der Waals surface area (Å²) < 4.78 is 7.49. The second-order valence-corrected chi connectivity index (χ2v) is 4.26. The third kappa shape index (κ3) is 3.80. The maximum absolute atomic E-state index is 5.32. The molecule has 0 saturated carbocycles. The lowest BCUT2D eigenvalue weighted by atomic mass is 10.4. The number of hydrogen-bond donors (Lipinski definition) is 1. The van der Waals surface area contributed by atoms with Gasteiger partial charge in [0.2, 0.25) is 0 Å². The molecule has 0 radical (unpaired) electrons. The quantitative estimate of drug-likeness (QED) is 0.725. The van der Waals surface area contributed by atoms with Crippen molar-refractivity contribution in [1.29, 1.82) is 0 Å². The van der Waals surface area contributed by atoms with Crippen molar-refractivity contribution in [1.82, 2.24) is 19.8 Å². The second kappa shape index (κ2) is 6.74. The first-order valence-electron chi connectivity index (χ1n) is 6.41. The van der Waals surface area contributed by atoms with Crippen LogP contribution in [0.1, 0.15) is 12.7 Å². The molecule has 1 aromatic heterocycles. The normalized spacial score (nSPS) is 17.5. The van der Waals surface area contributed by atoms with Gasteiger partial charge in [0.05, 0.1) is 19.8 Å². The lowest BCUT2D eigenvalue weighted by molar-refractivity contribution is 0.0384. The fourth-order valence-corrected chi connectivity index (χ4v) is 2.06. The van der Waals surface area contributed by atoms with Crippen molar-refractivity contribution in [2.45, 2.75) is 20.0 Å². The molecule has 0 bridgehead atoms. The van der Waals surface area contributed by atoms with Gasteiger partial charge in [-0.1, -0.05) is 0 Å². The van der Waals surface area contributed by atoms with E-state index in [-0.39, 0.29) is 0 Å². The van der Waals surface area contributed by atoms with E-state index in [1.807, 2.05) is 12.4 Å². The molecule has 0 atom stereocenters. The Balaban J connectivity index is 1.62. The number of aromatic nitrogens is 2. The minimum Gasteiger partial charge on any atom is -0.379 e. The van der Waals surface area contributed by atoms with E-state index in [1.54, 1.807) is 0 Å². The number of ether oxygens (including phenoxy) is 1. The van der Waals surface area contributed by atoms with E-state index in [0.717, 1.165) is 58.3 Å². The Bertz CT molecular complexity index is 320. The smallest absolute Gasteiger partial charge is 0.122 e. The maximum atomic E-state index is 5.32. The minimum atomic E-state index is 0.852. The molecule has 1 aliphatic rings. The Morgan fingerprint density at radius 1 is 1.41 bits per heavy atom. The van der Waals surface area contributed by atoms with E-state index in [9.17, 15) is 0 Å². The van der Waals surface area contributed by atoms with Crippen LogP contribution in [-0.2, 0) is 17.8 Å². The third-order valence-corrected chi connectivity index (χ3v) is 3.13. The summed E-state index contributed by atoms with van der Waals surface area (Å²) in [6, 6.07) is 0. The van der Waals surface area contributed by atoms with Crippen LogP contribution < -0.4 is 5.32 Å². The Labute approximate surface area is 103 Å². The average Bonchev–Trinajstić information content (AvgIpc) is 2.83. The van der Waals surface area contributed by atoms with Crippen molar-refractivity contribution < 1.29 is 4.74 Å². The first-order chi connectivity index (χ1) is 8.40. The largest absolute Gasteiger partial charge is 0.379 e. The van der Waals surface area contributed by atoms with Crippen LogP contribution in [0.5, 0.6) is 0 Å². The molecular formula is C12H22N4O. The fourth-order valence-electron chi connectivity index (χ4n) is 2.06. The van der Waals surface area contributed by atoms with Crippen molar-refractivity contribution in [3.8, 4) is 0 Å². The summed E-state index contributed by atoms with van der Waals surface area (Å²) in [5.74, 6) is 1.12. The van der Waals surface area contributed by atoms with E-state index < -0.39 is 0 Å². The average molecular weight is 238 g/mol. The Morgan fingerprint density at radius 3 is 3.00 bits per heavy atom. The highest BCUT2D eigenvalue weighted by Crippen LogP contribution is 1.97. The summed E-state index contributed by atoms with van der Waals surface area (Å²) in [5.41, 5.74) is 0. The van der Waals surface area contributed by atoms with Crippen molar-refractivity contribution in [3.63, 3.8) is 0 Å². The molecule has 0 amide bonds. The SMILES string of the molecule is CCn1ccnc1CNCCN1CCOCC1. The van der Waals surface area contributed by atoms with E-state index in [1.165, 1.54) is 0 Å². The molecule has 2 rings (SSSR count). The lowest BCUT2D eigenvalue weighted by Crippen LogP contribution is -2.40. The lowest BCUT2D eigenvalue weighted by Gasteiger charge is -2.26. The highest BCUT2D eigenvalue weighted by molar-refractivity contribution is 4.91. The van der Waals surface area contributed by atoms with Gasteiger partial charge < -0.3 is 14.6 Å². The Morgan fingerprint density at radius 2 is 2.24 bits per heavy atom. The molecule has 0 spiro atoms. The number of morpholine rings is 1. The molecule has 1 N–H and O–H groups in total. The minimum absolute atomic E-state index is 0.852. The van der Waals surface area contributed by atoms with Crippen molar-refractivity contribution in [2.24, 2.45) is 0 Å². The second-order valence-electron chi connectivity index (χ2n) is 4.26. The van der Waals surface area contributed by atoms with Gasteiger partial charge in [-0.05, 0) is 6.92 Å². The standard InChI is InChI=1S/C12H22N4O/c1-2-16-6-4-14-12(16)11-13-3-5-15-7-9-17-10-8-15/h4,6,13H,2-3,5,7-11H2,1H3. The number of imidazole rings is 1. The monoisotopic (exact) mass is 238 g/mol. The third-order valence-electron chi connectivity index (χ3n) is 3.13. The first kappa shape index (κ1) is 12.5. The van der Waals surface area contributed by atoms with Gasteiger partial charge in [0.1, 0.15) is 5.82 Å². The number of hydrogen-bond acceptors (Lipinski definition) is 4. The Hall–Kier alpha value is -0.910. The van der Waals surface area contributed by atoms with Gasteiger partial charge in [0.15, 0.2) is 0 Å². The van der Waals surface area contributed by atoms with Crippen LogP contribution in [0.15, 0.2) is 12.4 Å². The molecule has 0 aliphatic carbocycles. The molecule has 1 saturated heterocycles. The summed E-state index contributed by atoms with van der Waals surface area (Å²) >= 11 is 0. The number of nitrogens with zero attached hydrogens (tertiary/aromatic N) is 3. The topological polar surface area (TPSA) is 42.3 Å². The zero-order valence-corrected chi connectivity index (χ0v) is 10.6. The molecule has 1 fully saturated rings. The summed E-state index contributed by atoms with van der Waals surface area (Å²) in [6.45, 7) is 9.95. The van der Waals surface area contributed by atoms with E-state index >= 15 is 0 Å². The molecule has 0 aromatic carbocycles. The highest BCUT2D eigenvalue weighted by atomic mass is 16.5. The van der Waals surface area contributed by atoms with Gasteiger partial charge in [0, 0.05) is 45.1 Å².